The maximum atomic E-state index is 12.7. The number of nitrogens with one attached hydrogen (secondary N) is 1. The van der Waals surface area contributed by atoms with Crippen molar-refractivity contribution in [1.82, 2.24) is 5.32 Å². The van der Waals surface area contributed by atoms with Crippen LogP contribution in [0.1, 0.15) is 43.2 Å². The summed E-state index contributed by atoms with van der Waals surface area (Å²) in [4.78, 5) is 1.06. The van der Waals surface area contributed by atoms with Crippen molar-refractivity contribution in [3.05, 3.63) is 29.3 Å². The molecule has 0 radical (unpaired) electrons. The quantitative estimate of drug-likeness (QED) is 0.920. The summed E-state index contributed by atoms with van der Waals surface area (Å²) in [6, 6.07) is 7.07. The highest BCUT2D eigenvalue weighted by molar-refractivity contribution is 7.85. The Kier molecular flexibility index (Phi) is 4.04. The van der Waals surface area contributed by atoms with Crippen molar-refractivity contribution in [3.63, 3.8) is 0 Å². The Morgan fingerprint density at radius 2 is 2.00 bits per heavy atom. The van der Waals surface area contributed by atoms with E-state index in [0.29, 0.717) is 11.3 Å². The van der Waals surface area contributed by atoms with Crippen molar-refractivity contribution in [2.75, 3.05) is 7.05 Å². The molecule has 3 heteroatoms. The fourth-order valence-corrected chi connectivity index (χ4v) is 5.10. The molecule has 0 bridgehead atoms. The minimum absolute atomic E-state index is 0.339. The van der Waals surface area contributed by atoms with E-state index >= 15 is 0 Å². The van der Waals surface area contributed by atoms with E-state index in [1.54, 1.807) is 0 Å². The SMILES string of the molecule is CNC1CCCC(S(=O)c2ccc3c(c2)CCC3)C1. The van der Waals surface area contributed by atoms with Crippen LogP contribution in [0.3, 0.4) is 0 Å². The monoisotopic (exact) mass is 277 g/mol. The normalized spacial score (nSPS) is 28.1. The van der Waals surface area contributed by atoms with E-state index < -0.39 is 10.8 Å². The molecule has 1 aromatic rings. The van der Waals surface area contributed by atoms with Gasteiger partial charge in [0.15, 0.2) is 0 Å². The van der Waals surface area contributed by atoms with Gasteiger partial charge in [-0.2, -0.15) is 0 Å². The number of benzene rings is 1. The van der Waals surface area contributed by atoms with Gasteiger partial charge in [-0.15, -0.1) is 0 Å². The average Bonchev–Trinajstić information content (AvgIpc) is 2.94. The van der Waals surface area contributed by atoms with Crippen LogP contribution >= 0.6 is 0 Å². The molecule has 104 valence electrons. The molecule has 1 aromatic carbocycles. The van der Waals surface area contributed by atoms with Gasteiger partial charge in [-0.1, -0.05) is 12.5 Å². The second-order valence-electron chi connectivity index (χ2n) is 5.86. The number of hydrogen-bond donors (Lipinski definition) is 1. The Bertz CT molecular complexity index is 486. The van der Waals surface area contributed by atoms with E-state index in [4.69, 9.17) is 0 Å². The molecular weight excluding hydrogens is 254 g/mol. The van der Waals surface area contributed by atoms with E-state index in [0.717, 1.165) is 17.7 Å². The molecule has 2 nitrogen and oxygen atoms in total. The molecule has 1 N–H and O–H groups in total. The lowest BCUT2D eigenvalue weighted by Gasteiger charge is -2.28. The van der Waals surface area contributed by atoms with Gasteiger partial charge in [0.25, 0.3) is 0 Å². The smallest absolute Gasteiger partial charge is 0.0561 e. The third-order valence-electron chi connectivity index (χ3n) is 4.64. The van der Waals surface area contributed by atoms with Crippen LogP contribution in [-0.4, -0.2) is 22.5 Å². The molecule has 0 spiro atoms. The molecular formula is C16H23NOS. The summed E-state index contributed by atoms with van der Waals surface area (Å²) >= 11 is 0. The highest BCUT2D eigenvalue weighted by atomic mass is 32.2. The molecule has 0 aliphatic heterocycles. The maximum absolute atomic E-state index is 12.7. The molecule has 1 saturated carbocycles. The summed E-state index contributed by atoms with van der Waals surface area (Å²) in [5.41, 5.74) is 2.91. The molecule has 19 heavy (non-hydrogen) atoms. The van der Waals surface area contributed by atoms with Gasteiger partial charge in [0.2, 0.25) is 0 Å². The van der Waals surface area contributed by atoms with E-state index in [1.165, 1.54) is 43.2 Å². The summed E-state index contributed by atoms with van der Waals surface area (Å²) in [6.45, 7) is 0. The second kappa shape index (κ2) is 5.76. The first-order valence-corrected chi connectivity index (χ1v) is 8.69. The Morgan fingerprint density at radius 1 is 1.16 bits per heavy atom. The van der Waals surface area contributed by atoms with Crippen molar-refractivity contribution in [2.24, 2.45) is 0 Å². The van der Waals surface area contributed by atoms with E-state index in [2.05, 4.69) is 23.5 Å². The predicted octanol–water partition coefficient (Wildman–Crippen LogP) is 2.81. The molecule has 0 heterocycles. The van der Waals surface area contributed by atoms with Gasteiger partial charge < -0.3 is 5.32 Å². The molecule has 2 aliphatic carbocycles. The van der Waals surface area contributed by atoms with E-state index in [-0.39, 0.29) is 0 Å². The molecule has 2 aliphatic rings. The minimum Gasteiger partial charge on any atom is -0.317 e. The van der Waals surface area contributed by atoms with Gasteiger partial charge in [0.1, 0.15) is 0 Å². The first kappa shape index (κ1) is 13.3. The maximum Gasteiger partial charge on any atom is 0.0561 e. The van der Waals surface area contributed by atoms with Crippen molar-refractivity contribution in [1.29, 1.82) is 0 Å². The summed E-state index contributed by atoms with van der Waals surface area (Å²) in [6.07, 6.45) is 8.23. The lowest BCUT2D eigenvalue weighted by molar-refractivity contribution is 0.398. The minimum atomic E-state index is -0.825. The number of hydrogen-bond acceptors (Lipinski definition) is 2. The third kappa shape index (κ3) is 2.77. The zero-order valence-electron chi connectivity index (χ0n) is 11.7. The largest absolute Gasteiger partial charge is 0.317 e. The Hall–Kier alpha value is -0.670. The first-order valence-electron chi connectivity index (χ1n) is 7.47. The van der Waals surface area contributed by atoms with Crippen LogP contribution < -0.4 is 5.32 Å². The molecule has 3 atom stereocenters. The number of rotatable bonds is 3. The molecule has 1 fully saturated rings. The van der Waals surface area contributed by atoms with Crippen LogP contribution in [0.25, 0.3) is 0 Å². The lowest BCUT2D eigenvalue weighted by Crippen LogP contribution is -2.35. The van der Waals surface area contributed by atoms with Gasteiger partial charge in [0, 0.05) is 16.2 Å². The molecule has 3 unspecified atom stereocenters. The summed E-state index contributed by atoms with van der Waals surface area (Å²) in [5, 5.41) is 3.69. The molecule has 0 aromatic heterocycles. The van der Waals surface area contributed by atoms with Crippen molar-refractivity contribution in [2.45, 2.75) is 61.1 Å². The summed E-state index contributed by atoms with van der Waals surface area (Å²) in [7, 11) is 1.19. The van der Waals surface area contributed by atoms with Gasteiger partial charge in [-0.05, 0) is 68.8 Å². The van der Waals surface area contributed by atoms with Gasteiger partial charge in [0.05, 0.1) is 10.8 Å². The van der Waals surface area contributed by atoms with E-state index in [9.17, 15) is 4.21 Å². The topological polar surface area (TPSA) is 29.1 Å². The third-order valence-corrected chi connectivity index (χ3v) is 6.39. The van der Waals surface area contributed by atoms with Crippen LogP contribution in [0.5, 0.6) is 0 Å². The van der Waals surface area contributed by atoms with Gasteiger partial charge >= 0.3 is 0 Å². The molecule has 0 amide bonds. The van der Waals surface area contributed by atoms with Gasteiger partial charge in [-0.3, -0.25) is 4.21 Å². The molecule has 3 rings (SSSR count). The summed E-state index contributed by atoms with van der Waals surface area (Å²) < 4.78 is 12.7. The van der Waals surface area contributed by atoms with Crippen molar-refractivity contribution in [3.8, 4) is 0 Å². The highest BCUT2D eigenvalue weighted by Crippen LogP contribution is 2.29. The Labute approximate surface area is 118 Å². The van der Waals surface area contributed by atoms with Crippen LogP contribution in [0.2, 0.25) is 0 Å². The Balaban J connectivity index is 1.76. The average molecular weight is 277 g/mol. The fraction of sp³-hybridized carbons (Fsp3) is 0.625. The van der Waals surface area contributed by atoms with Crippen LogP contribution in [0, 0.1) is 0 Å². The van der Waals surface area contributed by atoms with Crippen molar-refractivity contribution >= 4 is 10.8 Å². The zero-order valence-corrected chi connectivity index (χ0v) is 12.5. The fourth-order valence-electron chi connectivity index (χ4n) is 3.47. The number of aryl methyl sites for hydroxylation is 2. The van der Waals surface area contributed by atoms with Crippen molar-refractivity contribution < 1.29 is 4.21 Å². The predicted molar refractivity (Wildman–Crippen MR) is 80.0 cm³/mol. The zero-order chi connectivity index (χ0) is 13.2. The second-order valence-corrected chi connectivity index (χ2v) is 7.59. The molecule has 0 saturated heterocycles. The Morgan fingerprint density at radius 3 is 2.84 bits per heavy atom. The van der Waals surface area contributed by atoms with Crippen LogP contribution in [0.15, 0.2) is 23.1 Å². The van der Waals surface area contributed by atoms with Crippen LogP contribution in [0.4, 0.5) is 0 Å². The van der Waals surface area contributed by atoms with Crippen LogP contribution in [-0.2, 0) is 23.6 Å². The standard InChI is InChI=1S/C16H23NOS/c1-17-14-6-3-7-15(11-14)19(18)16-9-8-12-4-2-5-13(12)10-16/h8-10,14-15,17H,2-7,11H2,1H3. The number of fused-ring (bicyclic) bond motifs is 1. The lowest BCUT2D eigenvalue weighted by atomic mass is 9.95. The first-order chi connectivity index (χ1) is 9.28. The summed E-state index contributed by atoms with van der Waals surface area (Å²) in [5.74, 6) is 0. The van der Waals surface area contributed by atoms with Gasteiger partial charge in [-0.25, -0.2) is 0 Å². The van der Waals surface area contributed by atoms with E-state index in [1.807, 2.05) is 7.05 Å². The highest BCUT2D eigenvalue weighted by Gasteiger charge is 2.26.